The van der Waals surface area contributed by atoms with Gasteiger partial charge in [0.05, 0.1) is 11.0 Å². The first-order valence-corrected chi connectivity index (χ1v) is 25.8. The third kappa shape index (κ3) is 4.98. The molecule has 342 valence electrons. The first kappa shape index (κ1) is 41.0. The molecule has 0 N–H and O–H groups in total. The maximum Gasteiger partial charge on any atom is 0.333 e. The van der Waals surface area contributed by atoms with Crippen molar-refractivity contribution < 1.29 is 4.42 Å². The summed E-state index contributed by atoms with van der Waals surface area (Å²) < 4.78 is 9.30. The van der Waals surface area contributed by atoms with Crippen molar-refractivity contribution in [2.75, 3.05) is 4.81 Å². The summed E-state index contributed by atoms with van der Waals surface area (Å²) in [4.78, 5) is 2.75. The van der Waals surface area contributed by atoms with Crippen LogP contribution in [0.15, 0.2) is 138 Å². The van der Waals surface area contributed by atoms with Gasteiger partial charge in [0.1, 0.15) is 11.2 Å². The summed E-state index contributed by atoms with van der Waals surface area (Å²) in [5.41, 5.74) is 29.0. The van der Waals surface area contributed by atoms with Crippen LogP contribution in [0.3, 0.4) is 0 Å². The molecule has 4 heterocycles. The lowest BCUT2D eigenvalue weighted by Crippen LogP contribution is -2.60. The fraction of sp³-hybridized carbons (Fsp3) is 0.273. The lowest BCUT2D eigenvalue weighted by atomic mass is 9.43. The Morgan fingerprint density at radius 3 is 1.87 bits per heavy atom. The molecule has 0 bridgehead atoms. The molecule has 0 amide bonds. The summed E-state index contributed by atoms with van der Waals surface area (Å²) in [6.45, 7) is 26.6. The maximum absolute atomic E-state index is 6.65. The molecule has 0 fully saturated rings. The second-order valence-corrected chi connectivity index (χ2v) is 25.2. The predicted octanol–water partition coefficient (Wildman–Crippen LogP) is 16.2. The SMILES string of the molecule is CC(C)(C)c1ccc(N2B3c4cc5c(cc4-n4c6cc7c(cc6c6ccc(c3c64)-c3cc4c(cc32)-c2cc3c(cc2C4(C)C)C(C)(C)CCC3(C)C)oc2ccccc27)-c2ccccc2C5(C)C)cc1. The van der Waals surface area contributed by atoms with Crippen LogP contribution in [0.4, 0.5) is 11.4 Å². The zero-order valence-corrected chi connectivity index (χ0v) is 42.5. The van der Waals surface area contributed by atoms with Gasteiger partial charge in [-0.1, -0.05) is 155 Å². The van der Waals surface area contributed by atoms with Crippen molar-refractivity contribution in [3.8, 4) is 39.1 Å². The largest absolute Gasteiger partial charge is 0.456 e. The molecule has 2 aliphatic heterocycles. The number of hydrogen-bond donors (Lipinski definition) is 0. The van der Waals surface area contributed by atoms with Crippen LogP contribution in [0.5, 0.6) is 0 Å². The van der Waals surface area contributed by atoms with Gasteiger partial charge in [-0.3, -0.25) is 0 Å². The molecule has 0 saturated carbocycles. The van der Waals surface area contributed by atoms with E-state index in [0.29, 0.717) is 0 Å². The van der Waals surface area contributed by atoms with Crippen LogP contribution >= 0.6 is 0 Å². The van der Waals surface area contributed by atoms with E-state index in [1.54, 1.807) is 0 Å². The molecule has 8 aromatic carbocycles. The molecule has 3 nitrogen and oxygen atoms in total. The van der Waals surface area contributed by atoms with E-state index in [4.69, 9.17) is 4.42 Å². The minimum absolute atomic E-state index is 0.0265. The number of hydrogen-bond acceptors (Lipinski definition) is 2. The zero-order chi connectivity index (χ0) is 47.9. The van der Waals surface area contributed by atoms with Crippen molar-refractivity contribution in [3.63, 3.8) is 0 Å². The number of fused-ring (bicyclic) bond motifs is 18. The van der Waals surface area contributed by atoms with Crippen LogP contribution in [-0.2, 0) is 27.1 Å². The molecule has 4 heteroatoms. The monoisotopic (exact) mass is 906 g/mol. The van der Waals surface area contributed by atoms with Gasteiger partial charge in [0, 0.05) is 55.0 Å². The second-order valence-electron chi connectivity index (χ2n) is 25.2. The number of anilines is 2. The zero-order valence-electron chi connectivity index (χ0n) is 42.5. The van der Waals surface area contributed by atoms with Gasteiger partial charge in [-0.05, 0) is 161 Å². The Morgan fingerprint density at radius 2 is 1.10 bits per heavy atom. The third-order valence-corrected chi connectivity index (χ3v) is 18.6. The Morgan fingerprint density at radius 1 is 0.471 bits per heavy atom. The number of para-hydroxylation sites is 1. The summed E-state index contributed by atoms with van der Waals surface area (Å²) in [5, 5.41) is 4.81. The number of benzene rings is 8. The second kappa shape index (κ2) is 12.8. The summed E-state index contributed by atoms with van der Waals surface area (Å²) in [6, 6.07) is 52.6. The summed E-state index contributed by atoms with van der Waals surface area (Å²) in [5.74, 6) is 0. The fourth-order valence-corrected chi connectivity index (χ4v) is 14.5. The number of rotatable bonds is 1. The molecule has 15 rings (SSSR count). The Balaban J connectivity index is 1.08. The molecular formula is C66H59BN2O. The maximum atomic E-state index is 6.65. The molecule has 0 atom stereocenters. The van der Waals surface area contributed by atoms with Crippen molar-refractivity contribution >= 4 is 72.9 Å². The molecule has 0 saturated heterocycles. The summed E-state index contributed by atoms with van der Waals surface area (Å²) in [6.07, 6.45) is 2.40. The van der Waals surface area contributed by atoms with Crippen LogP contribution in [0.2, 0.25) is 0 Å². The number of nitrogens with zero attached hydrogens (tertiary/aromatic N) is 2. The standard InChI is InChI=1S/C66H59BN2O/c1-62(2,3)36-20-22-37(23-21-36)69-56-30-44-42-28-52-53(64(6,7)27-26-63(52,4)5)34-50(42)66(10,11)49(44)29-45(56)40-24-25-41-46-33-59-47(39-17-13-15-19-58(39)70-59)32-55(46)68-57-31-43-38-16-12-14-18-48(38)65(8,9)51(43)35-54(57)67(69)60(40)61(41)68/h12-25,28-35H,26-27H2,1-11H3. The van der Waals surface area contributed by atoms with E-state index in [9.17, 15) is 0 Å². The van der Waals surface area contributed by atoms with E-state index in [-0.39, 0.29) is 33.9 Å². The van der Waals surface area contributed by atoms with Gasteiger partial charge in [-0.15, -0.1) is 0 Å². The van der Waals surface area contributed by atoms with Crippen molar-refractivity contribution in [1.29, 1.82) is 0 Å². The molecule has 0 spiro atoms. The predicted molar refractivity (Wildman–Crippen MR) is 296 cm³/mol. The van der Waals surface area contributed by atoms with Gasteiger partial charge in [-0.25, -0.2) is 0 Å². The molecule has 5 aliphatic rings. The highest BCUT2D eigenvalue weighted by molar-refractivity contribution is 6.93. The Hall–Kier alpha value is -6.78. The molecule has 2 aromatic heterocycles. The molecule has 3 aliphatic carbocycles. The topological polar surface area (TPSA) is 21.3 Å². The fourth-order valence-electron chi connectivity index (χ4n) is 14.5. The lowest BCUT2D eigenvalue weighted by Gasteiger charge is -2.43. The number of aromatic nitrogens is 1. The van der Waals surface area contributed by atoms with E-state index in [1.807, 2.05) is 0 Å². The summed E-state index contributed by atoms with van der Waals surface area (Å²) in [7, 11) is 0. The van der Waals surface area contributed by atoms with Crippen LogP contribution in [0, 0.1) is 0 Å². The molecule has 10 aromatic rings. The van der Waals surface area contributed by atoms with E-state index in [0.717, 1.165) is 21.9 Å². The Bertz CT molecular complexity index is 4050. The van der Waals surface area contributed by atoms with Crippen molar-refractivity contribution in [2.24, 2.45) is 0 Å². The van der Waals surface area contributed by atoms with Crippen LogP contribution in [-0.4, -0.2) is 11.4 Å². The lowest BCUT2D eigenvalue weighted by molar-refractivity contribution is 0.331. The van der Waals surface area contributed by atoms with Gasteiger partial charge in [-0.2, -0.15) is 0 Å². The molecular weight excluding hydrogens is 848 g/mol. The van der Waals surface area contributed by atoms with Gasteiger partial charge in [0.25, 0.3) is 0 Å². The van der Waals surface area contributed by atoms with Gasteiger partial charge < -0.3 is 13.8 Å². The van der Waals surface area contributed by atoms with Crippen molar-refractivity contribution in [1.82, 2.24) is 4.57 Å². The number of furan rings is 1. The highest BCUT2D eigenvalue weighted by atomic mass is 16.3. The third-order valence-electron chi connectivity index (χ3n) is 18.6. The first-order chi connectivity index (χ1) is 33.3. The molecule has 0 unspecified atom stereocenters. The molecule has 0 radical (unpaired) electrons. The molecule has 70 heavy (non-hydrogen) atoms. The first-order valence-electron chi connectivity index (χ1n) is 25.8. The van der Waals surface area contributed by atoms with E-state index in [1.165, 1.54) is 135 Å². The Kier molecular flexibility index (Phi) is 7.48. The highest BCUT2D eigenvalue weighted by Crippen LogP contribution is 2.58. The van der Waals surface area contributed by atoms with Gasteiger partial charge >= 0.3 is 6.85 Å². The summed E-state index contributed by atoms with van der Waals surface area (Å²) >= 11 is 0. The van der Waals surface area contributed by atoms with E-state index < -0.39 is 0 Å². The van der Waals surface area contributed by atoms with Crippen molar-refractivity contribution in [2.45, 2.75) is 116 Å². The van der Waals surface area contributed by atoms with Crippen LogP contribution in [0.1, 0.15) is 128 Å². The average molecular weight is 907 g/mol. The normalized spacial score (nSPS) is 17.9. The van der Waals surface area contributed by atoms with E-state index in [2.05, 4.69) is 219 Å². The van der Waals surface area contributed by atoms with Gasteiger partial charge in [0.15, 0.2) is 0 Å². The smallest absolute Gasteiger partial charge is 0.333 e. The van der Waals surface area contributed by atoms with Crippen LogP contribution in [0.25, 0.3) is 82.8 Å². The quantitative estimate of drug-likeness (QED) is 0.153. The van der Waals surface area contributed by atoms with Crippen molar-refractivity contribution in [3.05, 3.63) is 172 Å². The van der Waals surface area contributed by atoms with Crippen LogP contribution < -0.4 is 15.7 Å². The average Bonchev–Trinajstić information content (AvgIpc) is 4.00. The minimum atomic E-state index is -0.177. The minimum Gasteiger partial charge on any atom is -0.456 e. The van der Waals surface area contributed by atoms with E-state index >= 15 is 0 Å². The Labute approximate surface area is 412 Å². The van der Waals surface area contributed by atoms with Gasteiger partial charge in [0.2, 0.25) is 0 Å². The highest BCUT2D eigenvalue weighted by Gasteiger charge is 2.49.